The van der Waals surface area contributed by atoms with E-state index in [4.69, 9.17) is 6.42 Å². The molecule has 0 radical (unpaired) electrons. The molecule has 0 fully saturated rings. The molecular formula is C5H4NS+. The van der Waals surface area contributed by atoms with E-state index in [0.29, 0.717) is 0 Å². The van der Waals surface area contributed by atoms with Crippen molar-refractivity contribution in [1.29, 1.82) is 0 Å². The monoisotopic (exact) mass is 110 g/mol. The van der Waals surface area contributed by atoms with Crippen LogP contribution in [0.4, 0.5) is 0 Å². The lowest BCUT2D eigenvalue weighted by Gasteiger charge is -1.60. The predicted octanol–water partition coefficient (Wildman–Crippen LogP) is 0.474. The average Bonchev–Trinajstić information content (AvgIpc) is 2.14. The van der Waals surface area contributed by atoms with Gasteiger partial charge in [0.05, 0.1) is 5.38 Å². The lowest BCUT2D eigenvalue weighted by atomic mass is 10.9. The van der Waals surface area contributed by atoms with Crippen molar-refractivity contribution >= 4 is 11.3 Å². The van der Waals surface area contributed by atoms with Crippen LogP contribution >= 0.6 is 11.3 Å². The maximum Gasteiger partial charge on any atom is 0.240 e. The predicted molar refractivity (Wildman–Crippen MR) is 28.7 cm³/mol. The fraction of sp³-hybridized carbons (Fsp3) is 0. The Bertz CT molecular complexity index is 170. The molecule has 0 bridgehead atoms. The first-order valence-corrected chi connectivity index (χ1v) is 2.78. The summed E-state index contributed by atoms with van der Waals surface area (Å²) in [6.07, 6.45) is 6.85. The van der Waals surface area contributed by atoms with Crippen molar-refractivity contribution in [2.75, 3.05) is 0 Å². The Morgan fingerprint density at radius 3 is 2.86 bits per heavy atom. The van der Waals surface area contributed by atoms with E-state index < -0.39 is 0 Å². The molecule has 0 aromatic carbocycles. The van der Waals surface area contributed by atoms with Gasteiger partial charge in [-0.2, -0.15) is 0 Å². The van der Waals surface area contributed by atoms with E-state index in [1.807, 2.05) is 17.1 Å². The summed E-state index contributed by atoms with van der Waals surface area (Å²) in [7, 11) is 0. The lowest BCUT2D eigenvalue weighted by Crippen LogP contribution is -2.21. The molecule has 1 aromatic heterocycles. The van der Waals surface area contributed by atoms with Crippen molar-refractivity contribution in [3.05, 3.63) is 17.1 Å². The van der Waals surface area contributed by atoms with Gasteiger partial charge in [0.1, 0.15) is 0 Å². The number of rotatable bonds is 0. The standard InChI is InChI=1S/C5H4NS/c1-2-6-3-4-7-5-6/h1,3-5H/q+1. The third kappa shape index (κ3) is 0.787. The van der Waals surface area contributed by atoms with E-state index in [1.54, 1.807) is 15.9 Å². The summed E-state index contributed by atoms with van der Waals surface area (Å²) in [4.78, 5) is 0. The van der Waals surface area contributed by atoms with Gasteiger partial charge in [0.15, 0.2) is 6.20 Å². The first-order valence-electron chi connectivity index (χ1n) is 1.83. The smallest absolute Gasteiger partial charge is 0.108 e. The molecule has 0 aliphatic heterocycles. The molecule has 7 heavy (non-hydrogen) atoms. The molecular weight excluding hydrogens is 106 g/mol. The summed E-state index contributed by atoms with van der Waals surface area (Å²) in [5.74, 6) is 0. The zero-order chi connectivity index (χ0) is 5.11. The summed E-state index contributed by atoms with van der Waals surface area (Å²) in [5, 5.41) is 1.93. The molecule has 0 aliphatic rings. The highest BCUT2D eigenvalue weighted by atomic mass is 32.1. The van der Waals surface area contributed by atoms with E-state index >= 15 is 0 Å². The minimum absolute atomic E-state index is 1.58. The van der Waals surface area contributed by atoms with E-state index in [9.17, 15) is 0 Å². The van der Waals surface area contributed by atoms with Gasteiger partial charge in [-0.05, 0) is 6.42 Å². The molecule has 0 N–H and O–H groups in total. The molecule has 0 aliphatic carbocycles. The zero-order valence-corrected chi connectivity index (χ0v) is 4.48. The van der Waals surface area contributed by atoms with E-state index in [1.165, 1.54) is 0 Å². The van der Waals surface area contributed by atoms with Gasteiger partial charge in [0, 0.05) is 0 Å². The van der Waals surface area contributed by atoms with Crippen LogP contribution in [0.1, 0.15) is 0 Å². The molecule has 0 amide bonds. The molecule has 0 saturated heterocycles. The number of hydrogen-bond acceptors (Lipinski definition) is 1. The number of aromatic nitrogens is 1. The molecule has 0 saturated carbocycles. The first-order chi connectivity index (χ1) is 3.43. The molecule has 0 atom stereocenters. The number of terminal acetylenes is 1. The molecule has 0 unspecified atom stereocenters. The Kier molecular flexibility index (Phi) is 1.10. The largest absolute Gasteiger partial charge is 0.240 e. The van der Waals surface area contributed by atoms with Gasteiger partial charge in [-0.15, -0.1) is 4.57 Å². The quantitative estimate of drug-likeness (QED) is 0.338. The fourth-order valence-electron chi connectivity index (χ4n) is 0.310. The Hall–Kier alpha value is -0.810. The molecule has 1 nitrogen and oxygen atoms in total. The minimum Gasteiger partial charge on any atom is -0.108 e. The summed E-state index contributed by atoms with van der Waals surface area (Å²) in [5.41, 5.74) is 1.86. The maximum atomic E-state index is 5.01. The van der Waals surface area contributed by atoms with Crippen LogP contribution in [0.2, 0.25) is 0 Å². The lowest BCUT2D eigenvalue weighted by molar-refractivity contribution is -0.577. The van der Waals surface area contributed by atoms with Crippen LogP contribution in [0.25, 0.3) is 0 Å². The van der Waals surface area contributed by atoms with Gasteiger partial charge >= 0.3 is 0 Å². The second-order valence-corrected chi connectivity index (χ2v) is 1.82. The Morgan fingerprint density at radius 1 is 1.71 bits per heavy atom. The topological polar surface area (TPSA) is 3.88 Å². The van der Waals surface area contributed by atoms with Crippen LogP contribution in [0.5, 0.6) is 0 Å². The van der Waals surface area contributed by atoms with Gasteiger partial charge in [0.25, 0.3) is 0 Å². The van der Waals surface area contributed by atoms with Crippen LogP contribution < -0.4 is 4.57 Å². The average molecular weight is 110 g/mol. The number of nitrogens with zero attached hydrogens (tertiary/aromatic N) is 1. The van der Waals surface area contributed by atoms with Crippen molar-refractivity contribution in [3.8, 4) is 12.5 Å². The van der Waals surface area contributed by atoms with Gasteiger partial charge in [-0.3, -0.25) is 0 Å². The van der Waals surface area contributed by atoms with Crippen molar-refractivity contribution in [3.63, 3.8) is 0 Å². The second-order valence-electron chi connectivity index (χ2n) is 1.06. The van der Waals surface area contributed by atoms with E-state index in [0.717, 1.165) is 0 Å². The molecule has 1 rings (SSSR count). The van der Waals surface area contributed by atoms with Crippen molar-refractivity contribution in [2.45, 2.75) is 0 Å². The Balaban J connectivity index is 3.04. The number of thiazole rings is 1. The molecule has 0 spiro atoms. The SMILES string of the molecule is C#C[n+]1ccsc1. The summed E-state index contributed by atoms with van der Waals surface area (Å²) in [6.45, 7) is 0. The van der Waals surface area contributed by atoms with Crippen molar-refractivity contribution < 1.29 is 4.57 Å². The summed E-state index contributed by atoms with van der Waals surface area (Å²) in [6, 6.07) is 2.43. The minimum atomic E-state index is 1.58. The summed E-state index contributed by atoms with van der Waals surface area (Å²) >= 11 is 1.58. The van der Waals surface area contributed by atoms with Gasteiger partial charge < -0.3 is 0 Å². The fourth-order valence-corrected chi connectivity index (χ4v) is 0.844. The van der Waals surface area contributed by atoms with Crippen molar-refractivity contribution in [1.82, 2.24) is 0 Å². The Morgan fingerprint density at radius 2 is 2.57 bits per heavy atom. The van der Waals surface area contributed by atoms with Crippen LogP contribution in [-0.2, 0) is 0 Å². The Labute approximate surface area is 46.2 Å². The first kappa shape index (κ1) is 4.35. The van der Waals surface area contributed by atoms with Crippen LogP contribution in [0, 0.1) is 12.5 Å². The highest BCUT2D eigenvalue weighted by Crippen LogP contribution is 1.84. The van der Waals surface area contributed by atoms with Crippen LogP contribution in [0.15, 0.2) is 17.1 Å². The summed E-state index contributed by atoms with van der Waals surface area (Å²) < 4.78 is 1.67. The third-order valence-electron chi connectivity index (χ3n) is 0.624. The van der Waals surface area contributed by atoms with Crippen LogP contribution in [0.3, 0.4) is 0 Å². The van der Waals surface area contributed by atoms with E-state index in [-0.39, 0.29) is 0 Å². The normalized spacial score (nSPS) is 7.86. The number of hydrogen-bond donors (Lipinski definition) is 0. The van der Waals surface area contributed by atoms with Crippen molar-refractivity contribution in [2.24, 2.45) is 0 Å². The molecule has 2 heteroatoms. The highest BCUT2D eigenvalue weighted by Gasteiger charge is 1.87. The van der Waals surface area contributed by atoms with E-state index in [2.05, 4.69) is 6.04 Å². The highest BCUT2D eigenvalue weighted by molar-refractivity contribution is 7.07. The third-order valence-corrected chi connectivity index (χ3v) is 1.25. The second kappa shape index (κ2) is 1.76. The maximum absolute atomic E-state index is 5.01. The van der Waals surface area contributed by atoms with Gasteiger partial charge in [0.2, 0.25) is 11.6 Å². The van der Waals surface area contributed by atoms with Gasteiger partial charge in [-0.25, -0.2) is 0 Å². The zero-order valence-electron chi connectivity index (χ0n) is 3.66. The van der Waals surface area contributed by atoms with Crippen LogP contribution in [-0.4, -0.2) is 0 Å². The molecule has 34 valence electrons. The molecule has 1 aromatic rings. The molecule has 1 heterocycles. The van der Waals surface area contributed by atoms with Gasteiger partial charge in [-0.1, -0.05) is 11.3 Å².